The van der Waals surface area contributed by atoms with E-state index >= 15 is 0 Å². The lowest BCUT2D eigenvalue weighted by atomic mass is 10.2. The van der Waals surface area contributed by atoms with E-state index in [0.717, 1.165) is 17.0 Å². The number of amides is 1. The molecule has 0 aliphatic rings. The number of nitriles is 1. The number of hydrogen-bond acceptors (Lipinski definition) is 4. The zero-order valence-electron chi connectivity index (χ0n) is 15.4. The number of benzene rings is 3. The lowest BCUT2D eigenvalue weighted by Crippen LogP contribution is -2.16. The molecule has 0 saturated heterocycles. The van der Waals surface area contributed by atoms with Crippen molar-refractivity contribution in [2.45, 2.75) is 13.0 Å². The molecule has 5 nitrogen and oxygen atoms in total. The molecule has 0 bridgehead atoms. The lowest BCUT2D eigenvalue weighted by molar-refractivity contribution is -0.115. The van der Waals surface area contributed by atoms with Crippen molar-refractivity contribution in [1.29, 1.82) is 5.26 Å². The topological polar surface area (TPSA) is 74.2 Å². The Labute approximate surface area is 164 Å². The van der Waals surface area contributed by atoms with Crippen LogP contribution in [0.15, 0.2) is 78.9 Å². The molecule has 0 aliphatic carbocycles. The minimum atomic E-state index is -0.106. The summed E-state index contributed by atoms with van der Waals surface area (Å²) in [4.78, 5) is 12.0. The maximum Gasteiger partial charge on any atom is 0.226 e. The number of rotatable bonds is 8. The molecule has 140 valence electrons. The molecule has 0 heterocycles. The molecule has 0 fully saturated rings. The third-order valence-corrected chi connectivity index (χ3v) is 4.06. The molecule has 3 rings (SSSR count). The van der Waals surface area contributed by atoms with Crippen LogP contribution in [0.2, 0.25) is 0 Å². The van der Waals surface area contributed by atoms with E-state index < -0.39 is 0 Å². The number of nitrogens with one attached hydrogen (secondary N) is 2. The second kappa shape index (κ2) is 9.79. The van der Waals surface area contributed by atoms with E-state index in [1.54, 1.807) is 24.3 Å². The highest BCUT2D eigenvalue weighted by atomic mass is 16.5. The van der Waals surface area contributed by atoms with Crippen molar-refractivity contribution in [3.63, 3.8) is 0 Å². The molecular weight excluding hydrogens is 350 g/mol. The second-order valence-corrected chi connectivity index (χ2v) is 6.22. The van der Waals surface area contributed by atoms with Gasteiger partial charge in [0, 0.05) is 24.3 Å². The Balaban J connectivity index is 1.41. The summed E-state index contributed by atoms with van der Waals surface area (Å²) in [6.45, 7) is 1.04. The van der Waals surface area contributed by atoms with Gasteiger partial charge in [-0.15, -0.1) is 0 Å². The van der Waals surface area contributed by atoms with Gasteiger partial charge in [0.05, 0.1) is 11.6 Å². The van der Waals surface area contributed by atoms with Gasteiger partial charge >= 0.3 is 0 Å². The SMILES string of the molecule is N#Cc1cccc(NC(=O)CCNc2ccc(OCc3ccccc3)cc2)c1. The average molecular weight is 371 g/mol. The van der Waals surface area contributed by atoms with Crippen LogP contribution in [0.3, 0.4) is 0 Å². The number of anilines is 2. The van der Waals surface area contributed by atoms with Crippen LogP contribution in [-0.2, 0) is 11.4 Å². The molecule has 5 heteroatoms. The highest BCUT2D eigenvalue weighted by Gasteiger charge is 2.03. The fourth-order valence-electron chi connectivity index (χ4n) is 2.62. The minimum Gasteiger partial charge on any atom is -0.489 e. The summed E-state index contributed by atoms with van der Waals surface area (Å²) in [6, 6.07) is 26.6. The highest BCUT2D eigenvalue weighted by molar-refractivity contribution is 5.91. The van der Waals surface area contributed by atoms with Gasteiger partial charge < -0.3 is 15.4 Å². The number of hydrogen-bond donors (Lipinski definition) is 2. The van der Waals surface area contributed by atoms with Gasteiger partial charge in [0.1, 0.15) is 12.4 Å². The van der Waals surface area contributed by atoms with Crippen LogP contribution in [0.4, 0.5) is 11.4 Å². The van der Waals surface area contributed by atoms with E-state index in [0.29, 0.717) is 30.8 Å². The zero-order valence-corrected chi connectivity index (χ0v) is 15.4. The molecular formula is C23H21N3O2. The van der Waals surface area contributed by atoms with Crippen molar-refractivity contribution in [2.24, 2.45) is 0 Å². The summed E-state index contributed by atoms with van der Waals surface area (Å²) < 4.78 is 5.76. The number of carbonyl (C=O) groups excluding carboxylic acids is 1. The monoisotopic (exact) mass is 371 g/mol. The van der Waals surface area contributed by atoms with Crippen molar-refractivity contribution in [1.82, 2.24) is 0 Å². The van der Waals surface area contributed by atoms with Gasteiger partial charge in [-0.05, 0) is 48.0 Å². The maximum absolute atomic E-state index is 12.0. The van der Waals surface area contributed by atoms with Crippen molar-refractivity contribution in [3.05, 3.63) is 90.0 Å². The van der Waals surface area contributed by atoms with E-state index in [4.69, 9.17) is 10.00 Å². The molecule has 0 radical (unpaired) electrons. The van der Waals surface area contributed by atoms with Gasteiger partial charge in [-0.25, -0.2) is 0 Å². The Morgan fingerprint density at radius 3 is 2.46 bits per heavy atom. The first-order valence-corrected chi connectivity index (χ1v) is 9.03. The summed E-state index contributed by atoms with van der Waals surface area (Å²) >= 11 is 0. The molecule has 3 aromatic rings. The number of carbonyl (C=O) groups is 1. The minimum absolute atomic E-state index is 0.106. The van der Waals surface area contributed by atoms with Crippen LogP contribution < -0.4 is 15.4 Å². The maximum atomic E-state index is 12.0. The summed E-state index contributed by atoms with van der Waals surface area (Å²) in [7, 11) is 0. The fourth-order valence-corrected chi connectivity index (χ4v) is 2.62. The summed E-state index contributed by atoms with van der Waals surface area (Å²) in [5.41, 5.74) is 3.19. The van der Waals surface area contributed by atoms with Crippen molar-refractivity contribution in [2.75, 3.05) is 17.2 Å². The van der Waals surface area contributed by atoms with Crippen LogP contribution in [0.1, 0.15) is 17.5 Å². The Bertz CT molecular complexity index is 948. The van der Waals surface area contributed by atoms with Crippen LogP contribution >= 0.6 is 0 Å². The van der Waals surface area contributed by atoms with E-state index in [1.807, 2.05) is 54.6 Å². The zero-order chi connectivity index (χ0) is 19.6. The molecule has 3 aromatic carbocycles. The van der Waals surface area contributed by atoms with Gasteiger partial charge in [-0.1, -0.05) is 36.4 Å². The normalized spacial score (nSPS) is 9.96. The lowest BCUT2D eigenvalue weighted by Gasteiger charge is -2.10. The Hall–Kier alpha value is -3.78. The van der Waals surface area contributed by atoms with Crippen molar-refractivity contribution >= 4 is 17.3 Å². The first-order chi connectivity index (χ1) is 13.7. The summed E-state index contributed by atoms with van der Waals surface area (Å²) in [5, 5.41) is 14.9. The molecule has 2 N–H and O–H groups in total. The smallest absolute Gasteiger partial charge is 0.226 e. The number of nitrogens with zero attached hydrogens (tertiary/aromatic N) is 1. The van der Waals surface area contributed by atoms with Crippen molar-refractivity contribution in [3.8, 4) is 11.8 Å². The summed E-state index contributed by atoms with van der Waals surface area (Å²) in [5.74, 6) is 0.690. The van der Waals surface area contributed by atoms with Crippen LogP contribution in [0.5, 0.6) is 5.75 Å². The number of ether oxygens (including phenoxy) is 1. The quantitative estimate of drug-likeness (QED) is 0.608. The van der Waals surface area contributed by atoms with Crippen molar-refractivity contribution < 1.29 is 9.53 Å². The van der Waals surface area contributed by atoms with Crippen LogP contribution in [0.25, 0.3) is 0 Å². The fraction of sp³-hybridized carbons (Fsp3) is 0.130. The second-order valence-electron chi connectivity index (χ2n) is 6.22. The van der Waals surface area contributed by atoms with Gasteiger partial charge in [0.15, 0.2) is 0 Å². The van der Waals surface area contributed by atoms with Crippen LogP contribution in [-0.4, -0.2) is 12.5 Å². The Morgan fingerprint density at radius 2 is 1.71 bits per heavy atom. The van der Waals surface area contributed by atoms with Gasteiger partial charge in [-0.2, -0.15) is 5.26 Å². The molecule has 28 heavy (non-hydrogen) atoms. The molecule has 0 spiro atoms. The average Bonchev–Trinajstić information content (AvgIpc) is 2.74. The van der Waals surface area contributed by atoms with Gasteiger partial charge in [-0.3, -0.25) is 4.79 Å². The van der Waals surface area contributed by atoms with Gasteiger partial charge in [0.25, 0.3) is 0 Å². The predicted molar refractivity (Wildman–Crippen MR) is 110 cm³/mol. The third kappa shape index (κ3) is 5.89. The first-order valence-electron chi connectivity index (χ1n) is 9.03. The van der Waals surface area contributed by atoms with Gasteiger partial charge in [0.2, 0.25) is 5.91 Å². The summed E-state index contributed by atoms with van der Waals surface area (Å²) in [6.07, 6.45) is 0.322. The first kappa shape index (κ1) is 19.0. The molecule has 1 amide bonds. The predicted octanol–water partition coefficient (Wildman–Crippen LogP) is 4.58. The third-order valence-electron chi connectivity index (χ3n) is 4.06. The molecule has 0 aliphatic heterocycles. The molecule has 0 aromatic heterocycles. The molecule has 0 unspecified atom stereocenters. The van der Waals surface area contributed by atoms with E-state index in [-0.39, 0.29) is 5.91 Å². The molecule has 0 saturated carbocycles. The van der Waals surface area contributed by atoms with Crippen LogP contribution in [0, 0.1) is 11.3 Å². The standard InChI is InChI=1S/C23H21N3O2/c24-16-19-7-4-8-21(15-19)26-23(27)13-14-25-20-9-11-22(12-10-20)28-17-18-5-2-1-3-6-18/h1-12,15,25H,13-14,17H2,(H,26,27). The largest absolute Gasteiger partial charge is 0.489 e. The van der Waals surface area contributed by atoms with E-state index in [1.165, 1.54) is 0 Å². The molecule has 0 atom stereocenters. The van der Waals surface area contributed by atoms with E-state index in [2.05, 4.69) is 16.7 Å². The van der Waals surface area contributed by atoms with E-state index in [9.17, 15) is 4.79 Å². The Kier molecular flexibility index (Phi) is 6.64. The Morgan fingerprint density at radius 1 is 0.929 bits per heavy atom. The highest BCUT2D eigenvalue weighted by Crippen LogP contribution is 2.17.